The number of hydrogen-bond donors (Lipinski definition) is 1. The zero-order valence-corrected chi connectivity index (χ0v) is 14.7. The quantitative estimate of drug-likeness (QED) is 0.703. The van der Waals surface area contributed by atoms with E-state index in [4.69, 9.17) is 0 Å². The van der Waals surface area contributed by atoms with Gasteiger partial charge in [0, 0.05) is 6.04 Å². The van der Waals surface area contributed by atoms with Gasteiger partial charge in [-0.2, -0.15) is 0 Å². The molecule has 0 radical (unpaired) electrons. The van der Waals surface area contributed by atoms with Gasteiger partial charge in [-0.1, -0.05) is 78.9 Å². The summed E-state index contributed by atoms with van der Waals surface area (Å²) in [5.41, 5.74) is 2.22. The Labute approximate surface area is 149 Å². The number of hydrogen-bond acceptors (Lipinski definition) is 2. The summed E-state index contributed by atoms with van der Waals surface area (Å²) in [4.78, 5) is 0.293. The molecule has 128 valence electrons. The van der Waals surface area contributed by atoms with Crippen molar-refractivity contribution in [3.8, 4) is 0 Å². The fourth-order valence-corrected chi connectivity index (χ4v) is 4.10. The molecule has 1 N–H and O–H groups in total. The van der Waals surface area contributed by atoms with E-state index in [9.17, 15) is 8.42 Å². The molecule has 0 aliphatic rings. The molecule has 3 aromatic rings. The van der Waals surface area contributed by atoms with Crippen LogP contribution in [0.3, 0.4) is 0 Å². The Balaban J connectivity index is 1.83. The highest BCUT2D eigenvalue weighted by Crippen LogP contribution is 2.14. The third-order valence-corrected chi connectivity index (χ3v) is 5.56. The Kier molecular flexibility index (Phi) is 5.64. The lowest BCUT2D eigenvalue weighted by molar-refractivity contribution is 0.543. The van der Waals surface area contributed by atoms with Gasteiger partial charge in [-0.15, -0.1) is 0 Å². The average molecular weight is 351 g/mol. The predicted octanol–water partition coefficient (Wildman–Crippen LogP) is 3.82. The molecule has 0 aliphatic carbocycles. The summed E-state index contributed by atoms with van der Waals surface area (Å²) in [5.74, 6) is 0. The normalized spacial score (nSPS) is 11.6. The third kappa shape index (κ3) is 5.02. The number of benzene rings is 3. The summed E-state index contributed by atoms with van der Waals surface area (Å²) in [6.07, 6.45) is 1.28. The van der Waals surface area contributed by atoms with E-state index in [0.717, 1.165) is 11.1 Å². The summed E-state index contributed by atoms with van der Waals surface area (Å²) in [5, 5.41) is 0. The summed E-state index contributed by atoms with van der Waals surface area (Å²) in [6, 6.07) is 28.2. The van der Waals surface area contributed by atoms with Gasteiger partial charge in [0.15, 0.2) is 0 Å². The van der Waals surface area contributed by atoms with Crippen molar-refractivity contribution in [2.75, 3.05) is 0 Å². The van der Waals surface area contributed by atoms with E-state index in [0.29, 0.717) is 17.7 Å². The van der Waals surface area contributed by atoms with Crippen LogP contribution in [0.25, 0.3) is 0 Å². The molecular formula is C21H21NO2S. The largest absolute Gasteiger partial charge is 0.240 e. The second kappa shape index (κ2) is 8.10. The summed E-state index contributed by atoms with van der Waals surface area (Å²) in [7, 11) is -3.55. The summed E-state index contributed by atoms with van der Waals surface area (Å²) in [6.45, 7) is 0. The second-order valence-electron chi connectivity index (χ2n) is 6.01. The molecule has 0 spiro atoms. The maximum absolute atomic E-state index is 12.7. The highest BCUT2D eigenvalue weighted by Gasteiger charge is 2.20. The van der Waals surface area contributed by atoms with Gasteiger partial charge in [0.2, 0.25) is 10.0 Å². The Bertz CT molecular complexity index is 837. The van der Waals surface area contributed by atoms with Gasteiger partial charge in [-0.3, -0.25) is 0 Å². The van der Waals surface area contributed by atoms with Crippen LogP contribution in [0.2, 0.25) is 0 Å². The van der Waals surface area contributed by atoms with Crippen molar-refractivity contribution in [1.82, 2.24) is 4.72 Å². The minimum absolute atomic E-state index is 0.213. The molecule has 3 nitrogen and oxygen atoms in total. The smallest absolute Gasteiger partial charge is 0.207 e. The maximum Gasteiger partial charge on any atom is 0.240 e. The van der Waals surface area contributed by atoms with E-state index in [2.05, 4.69) is 4.72 Å². The molecule has 3 aromatic carbocycles. The van der Waals surface area contributed by atoms with Crippen molar-refractivity contribution in [1.29, 1.82) is 0 Å². The van der Waals surface area contributed by atoms with Gasteiger partial charge in [0.25, 0.3) is 0 Å². The Morgan fingerprint density at radius 3 is 1.48 bits per heavy atom. The van der Waals surface area contributed by atoms with Crippen molar-refractivity contribution >= 4 is 10.0 Å². The van der Waals surface area contributed by atoms with E-state index in [1.165, 1.54) is 0 Å². The minimum atomic E-state index is -3.55. The number of nitrogens with one attached hydrogen (secondary N) is 1. The number of sulfonamides is 1. The van der Waals surface area contributed by atoms with Crippen LogP contribution in [0.4, 0.5) is 0 Å². The van der Waals surface area contributed by atoms with Crippen LogP contribution in [0.5, 0.6) is 0 Å². The van der Waals surface area contributed by atoms with Crippen LogP contribution in [-0.4, -0.2) is 14.5 Å². The molecule has 0 aliphatic heterocycles. The highest BCUT2D eigenvalue weighted by atomic mass is 32.2. The molecule has 4 heteroatoms. The van der Waals surface area contributed by atoms with Crippen LogP contribution in [-0.2, 0) is 22.9 Å². The molecule has 0 fully saturated rings. The lowest BCUT2D eigenvalue weighted by Gasteiger charge is -2.19. The van der Waals surface area contributed by atoms with Crippen LogP contribution in [0.15, 0.2) is 95.9 Å². The standard InChI is InChI=1S/C21H21NO2S/c23-25(24,21-14-8-3-9-15-21)22-20(16-18-10-4-1-5-11-18)17-19-12-6-2-7-13-19/h1-15,20,22H,16-17H2. The first kappa shape index (κ1) is 17.4. The van der Waals surface area contributed by atoms with Crippen LogP contribution < -0.4 is 4.72 Å². The van der Waals surface area contributed by atoms with Gasteiger partial charge < -0.3 is 0 Å². The molecule has 0 bridgehead atoms. The van der Waals surface area contributed by atoms with Gasteiger partial charge in [0.1, 0.15) is 0 Å². The molecule has 3 rings (SSSR count). The molecule has 0 aromatic heterocycles. The average Bonchev–Trinajstić information content (AvgIpc) is 2.64. The first-order chi connectivity index (χ1) is 12.1. The lowest BCUT2D eigenvalue weighted by atomic mass is 10.00. The molecule has 0 amide bonds. The lowest BCUT2D eigenvalue weighted by Crippen LogP contribution is -2.38. The van der Waals surface area contributed by atoms with Gasteiger partial charge >= 0.3 is 0 Å². The monoisotopic (exact) mass is 351 g/mol. The van der Waals surface area contributed by atoms with E-state index in [-0.39, 0.29) is 6.04 Å². The molecule has 0 saturated heterocycles. The minimum Gasteiger partial charge on any atom is -0.207 e. The molecule has 0 unspecified atom stereocenters. The predicted molar refractivity (Wildman–Crippen MR) is 101 cm³/mol. The molecule has 0 heterocycles. The van der Waals surface area contributed by atoms with Crippen molar-refractivity contribution < 1.29 is 8.42 Å². The Hall–Kier alpha value is -2.43. The van der Waals surface area contributed by atoms with Gasteiger partial charge in [0.05, 0.1) is 4.90 Å². The second-order valence-corrected chi connectivity index (χ2v) is 7.72. The van der Waals surface area contributed by atoms with E-state index < -0.39 is 10.0 Å². The number of rotatable bonds is 7. The van der Waals surface area contributed by atoms with Crippen molar-refractivity contribution in [2.45, 2.75) is 23.8 Å². The molecule has 25 heavy (non-hydrogen) atoms. The molecule has 0 saturated carbocycles. The third-order valence-electron chi connectivity index (χ3n) is 4.03. The fourth-order valence-electron chi connectivity index (χ4n) is 2.84. The summed E-state index contributed by atoms with van der Waals surface area (Å²) < 4.78 is 28.3. The maximum atomic E-state index is 12.7. The van der Waals surface area contributed by atoms with E-state index in [1.807, 2.05) is 66.7 Å². The van der Waals surface area contributed by atoms with Gasteiger partial charge in [-0.05, 0) is 36.1 Å². The van der Waals surface area contributed by atoms with Crippen LogP contribution >= 0.6 is 0 Å². The molecular weight excluding hydrogens is 330 g/mol. The highest BCUT2D eigenvalue weighted by molar-refractivity contribution is 7.89. The Morgan fingerprint density at radius 2 is 1.04 bits per heavy atom. The first-order valence-electron chi connectivity index (χ1n) is 8.29. The zero-order chi connectivity index (χ0) is 17.5. The zero-order valence-electron chi connectivity index (χ0n) is 13.9. The van der Waals surface area contributed by atoms with Crippen molar-refractivity contribution in [3.05, 3.63) is 102 Å². The van der Waals surface area contributed by atoms with Crippen LogP contribution in [0.1, 0.15) is 11.1 Å². The van der Waals surface area contributed by atoms with Crippen molar-refractivity contribution in [2.24, 2.45) is 0 Å². The molecule has 0 atom stereocenters. The SMILES string of the molecule is O=S(=O)(NC(Cc1ccccc1)Cc1ccccc1)c1ccccc1. The Morgan fingerprint density at radius 1 is 0.640 bits per heavy atom. The van der Waals surface area contributed by atoms with Crippen LogP contribution in [0, 0.1) is 0 Å². The first-order valence-corrected chi connectivity index (χ1v) is 9.77. The van der Waals surface area contributed by atoms with Crippen molar-refractivity contribution in [3.63, 3.8) is 0 Å². The fraction of sp³-hybridized carbons (Fsp3) is 0.143. The summed E-state index contributed by atoms with van der Waals surface area (Å²) >= 11 is 0. The van der Waals surface area contributed by atoms with Gasteiger partial charge in [-0.25, -0.2) is 13.1 Å². The van der Waals surface area contributed by atoms with E-state index in [1.54, 1.807) is 24.3 Å². The van der Waals surface area contributed by atoms with E-state index >= 15 is 0 Å². The topological polar surface area (TPSA) is 46.2 Å².